The van der Waals surface area contributed by atoms with Crippen molar-refractivity contribution in [3.8, 4) is 0 Å². The van der Waals surface area contributed by atoms with Crippen LogP contribution in [0.4, 0.5) is 0 Å². The molecule has 0 aliphatic heterocycles. The van der Waals surface area contributed by atoms with Gasteiger partial charge in [-0.2, -0.15) is 0 Å². The van der Waals surface area contributed by atoms with E-state index in [1.807, 2.05) is 0 Å². The van der Waals surface area contributed by atoms with E-state index in [0.717, 1.165) is 4.90 Å². The molecule has 0 heterocycles. The topological polar surface area (TPSA) is 58.6 Å². The number of hydrogen-bond acceptors (Lipinski definition) is 3. The lowest BCUT2D eigenvalue weighted by molar-refractivity contribution is 0.318. The van der Waals surface area contributed by atoms with Crippen molar-refractivity contribution in [3.05, 3.63) is 29.8 Å². The number of nitrogens with zero attached hydrogens (tertiary/aromatic N) is 1. The molecule has 0 unspecified atom stereocenters. The molecule has 0 atom stereocenters. The van der Waals surface area contributed by atoms with E-state index in [1.54, 1.807) is 11.8 Å². The van der Waals surface area contributed by atoms with E-state index >= 15 is 0 Å². The molecule has 0 aliphatic carbocycles. The van der Waals surface area contributed by atoms with Crippen molar-refractivity contribution >= 4 is 17.6 Å². The van der Waals surface area contributed by atoms with E-state index in [-0.39, 0.29) is 5.84 Å². The van der Waals surface area contributed by atoms with Crippen molar-refractivity contribution in [1.29, 1.82) is 0 Å². The summed E-state index contributed by atoms with van der Waals surface area (Å²) in [6.45, 7) is 4.33. The Hall–Kier alpha value is -1.16. The lowest BCUT2D eigenvalue weighted by atomic mass is 10.0. The Kier molecular flexibility index (Phi) is 4.49. The Labute approximate surface area is 94.4 Å². The Bertz CT molecular complexity index is 333. The van der Waals surface area contributed by atoms with Crippen LogP contribution < -0.4 is 5.73 Å². The van der Waals surface area contributed by atoms with Crippen molar-refractivity contribution in [1.82, 2.24) is 0 Å². The van der Waals surface area contributed by atoms with Gasteiger partial charge in [-0.15, -0.1) is 11.8 Å². The van der Waals surface area contributed by atoms with Crippen LogP contribution in [-0.2, 0) is 0 Å². The summed E-state index contributed by atoms with van der Waals surface area (Å²) >= 11 is 1.56. The van der Waals surface area contributed by atoms with Crippen LogP contribution in [-0.4, -0.2) is 16.8 Å². The molecule has 0 saturated carbocycles. The van der Waals surface area contributed by atoms with E-state index in [0.29, 0.717) is 11.7 Å². The van der Waals surface area contributed by atoms with Crippen LogP contribution in [0.2, 0.25) is 0 Å². The average Bonchev–Trinajstić information content (AvgIpc) is 2.26. The summed E-state index contributed by atoms with van der Waals surface area (Å²) in [4.78, 5) is 1.13. The van der Waals surface area contributed by atoms with E-state index < -0.39 is 0 Å². The van der Waals surface area contributed by atoms with Crippen molar-refractivity contribution in [2.75, 3.05) is 5.75 Å². The molecule has 0 spiro atoms. The Morgan fingerprint density at radius 3 is 2.47 bits per heavy atom. The SMILES string of the molecule is CC(C)c1ccc(SC/C(N)=N/O)cc1. The molecule has 82 valence electrons. The third kappa shape index (κ3) is 3.83. The Morgan fingerprint density at radius 2 is 2.00 bits per heavy atom. The predicted molar refractivity (Wildman–Crippen MR) is 64.7 cm³/mol. The molecule has 4 heteroatoms. The maximum absolute atomic E-state index is 8.38. The molecule has 1 aromatic carbocycles. The number of oxime groups is 1. The number of thioether (sulfide) groups is 1. The number of nitrogens with two attached hydrogens (primary N) is 1. The Balaban J connectivity index is 2.57. The first-order valence-electron chi connectivity index (χ1n) is 4.82. The molecule has 0 bridgehead atoms. The van der Waals surface area contributed by atoms with Gasteiger partial charge >= 0.3 is 0 Å². The summed E-state index contributed by atoms with van der Waals surface area (Å²) in [6.07, 6.45) is 0. The fraction of sp³-hybridized carbons (Fsp3) is 0.364. The van der Waals surface area contributed by atoms with Gasteiger partial charge in [-0.3, -0.25) is 0 Å². The fourth-order valence-corrected chi connectivity index (χ4v) is 1.84. The smallest absolute Gasteiger partial charge is 0.149 e. The number of benzene rings is 1. The second kappa shape index (κ2) is 5.66. The second-order valence-corrected chi connectivity index (χ2v) is 4.65. The van der Waals surface area contributed by atoms with Crippen molar-refractivity contribution in [2.45, 2.75) is 24.7 Å². The van der Waals surface area contributed by atoms with Gasteiger partial charge in [-0.25, -0.2) is 0 Å². The summed E-state index contributed by atoms with van der Waals surface area (Å²) in [5.74, 6) is 1.30. The molecule has 15 heavy (non-hydrogen) atoms. The van der Waals surface area contributed by atoms with E-state index in [2.05, 4.69) is 43.3 Å². The van der Waals surface area contributed by atoms with Gasteiger partial charge in [-0.1, -0.05) is 31.1 Å². The largest absolute Gasteiger partial charge is 0.409 e. The van der Waals surface area contributed by atoms with Gasteiger partial charge in [0.1, 0.15) is 5.84 Å². The zero-order chi connectivity index (χ0) is 11.3. The lowest BCUT2D eigenvalue weighted by Crippen LogP contribution is -2.13. The minimum atomic E-state index is 0.243. The first-order chi connectivity index (χ1) is 7.13. The molecule has 0 fully saturated rings. The minimum absolute atomic E-state index is 0.243. The van der Waals surface area contributed by atoms with Gasteiger partial charge < -0.3 is 10.9 Å². The Morgan fingerprint density at radius 1 is 1.40 bits per heavy atom. The van der Waals surface area contributed by atoms with Crippen LogP contribution in [0.15, 0.2) is 34.3 Å². The third-order valence-electron chi connectivity index (χ3n) is 2.06. The average molecular weight is 224 g/mol. The molecule has 1 rings (SSSR count). The maximum Gasteiger partial charge on any atom is 0.149 e. The van der Waals surface area contributed by atoms with Crippen LogP contribution in [0.25, 0.3) is 0 Å². The van der Waals surface area contributed by atoms with Crippen LogP contribution in [0.3, 0.4) is 0 Å². The molecular formula is C11H16N2OS. The van der Waals surface area contributed by atoms with Gasteiger partial charge in [0.2, 0.25) is 0 Å². The van der Waals surface area contributed by atoms with Crippen LogP contribution >= 0.6 is 11.8 Å². The molecule has 0 radical (unpaired) electrons. The molecular weight excluding hydrogens is 208 g/mol. The lowest BCUT2D eigenvalue weighted by Gasteiger charge is -2.06. The summed E-state index contributed by atoms with van der Waals surface area (Å²) < 4.78 is 0. The highest BCUT2D eigenvalue weighted by Crippen LogP contribution is 2.21. The van der Waals surface area contributed by atoms with E-state index in [4.69, 9.17) is 10.9 Å². The van der Waals surface area contributed by atoms with E-state index in [1.165, 1.54) is 5.56 Å². The van der Waals surface area contributed by atoms with Gasteiger partial charge in [0.25, 0.3) is 0 Å². The molecule has 0 aromatic heterocycles. The van der Waals surface area contributed by atoms with E-state index in [9.17, 15) is 0 Å². The number of rotatable bonds is 4. The highest BCUT2D eigenvalue weighted by atomic mass is 32.2. The molecule has 0 amide bonds. The van der Waals surface area contributed by atoms with Gasteiger partial charge in [0.15, 0.2) is 0 Å². The molecule has 3 nitrogen and oxygen atoms in total. The highest BCUT2D eigenvalue weighted by molar-refractivity contribution is 8.00. The summed E-state index contributed by atoms with van der Waals surface area (Å²) in [6, 6.07) is 8.34. The normalized spacial score (nSPS) is 12.1. The van der Waals surface area contributed by atoms with Crippen molar-refractivity contribution in [2.24, 2.45) is 10.9 Å². The zero-order valence-electron chi connectivity index (χ0n) is 8.97. The van der Waals surface area contributed by atoms with Gasteiger partial charge in [0, 0.05) is 4.90 Å². The highest BCUT2D eigenvalue weighted by Gasteiger charge is 2.00. The van der Waals surface area contributed by atoms with Gasteiger partial charge in [-0.05, 0) is 23.6 Å². The molecule has 0 aliphatic rings. The zero-order valence-corrected chi connectivity index (χ0v) is 9.79. The minimum Gasteiger partial charge on any atom is -0.409 e. The van der Waals surface area contributed by atoms with Crippen molar-refractivity contribution < 1.29 is 5.21 Å². The number of amidine groups is 1. The predicted octanol–water partition coefficient (Wildman–Crippen LogP) is 2.65. The molecule has 3 N–H and O–H groups in total. The fourth-order valence-electron chi connectivity index (χ4n) is 1.14. The monoisotopic (exact) mass is 224 g/mol. The van der Waals surface area contributed by atoms with Gasteiger partial charge in [0.05, 0.1) is 5.75 Å². The maximum atomic E-state index is 8.38. The summed E-state index contributed by atoms with van der Waals surface area (Å²) in [7, 11) is 0. The molecule has 1 aromatic rings. The first kappa shape index (κ1) is 11.9. The quantitative estimate of drug-likeness (QED) is 0.272. The standard InChI is InChI=1S/C11H16N2OS/c1-8(2)9-3-5-10(6-4-9)15-7-11(12)13-14/h3-6,8,14H,7H2,1-2H3,(H2,12,13). The second-order valence-electron chi connectivity index (χ2n) is 3.60. The van der Waals surface area contributed by atoms with Crippen LogP contribution in [0, 0.1) is 0 Å². The first-order valence-corrected chi connectivity index (χ1v) is 5.81. The van der Waals surface area contributed by atoms with Crippen LogP contribution in [0.1, 0.15) is 25.3 Å². The third-order valence-corrected chi connectivity index (χ3v) is 3.11. The summed E-state index contributed by atoms with van der Waals surface area (Å²) in [5, 5.41) is 11.3. The number of hydrogen-bond donors (Lipinski definition) is 2. The van der Waals surface area contributed by atoms with Crippen molar-refractivity contribution in [3.63, 3.8) is 0 Å². The molecule has 0 saturated heterocycles. The summed E-state index contributed by atoms with van der Waals surface area (Å²) in [5.41, 5.74) is 6.70. The van der Waals surface area contributed by atoms with Crippen LogP contribution in [0.5, 0.6) is 0 Å².